The second-order valence-electron chi connectivity index (χ2n) is 9.79. The summed E-state index contributed by atoms with van der Waals surface area (Å²) in [6.07, 6.45) is 0. The molecule has 0 radical (unpaired) electrons. The number of nitrogens with two attached hydrogens (primary N) is 1. The maximum Gasteiger partial charge on any atom is 0.522 e. The van der Waals surface area contributed by atoms with Crippen LogP contribution in [0.5, 0.6) is 0 Å². The standard InChI is InChI=1S/C33H29N.CHF3O3S/c1-24-22-29(31(25-14-6-2-7-15-25)26-16-8-3-9-17-26)33(34)30(23-24)32(27-18-10-4-11-19-27)28-20-12-5-13-21-28;2-1(3,4)8(5,6)7/h2-23,31-32H,34H2,1H3;(H,5,6,7). The van der Waals surface area contributed by atoms with Gasteiger partial charge < -0.3 is 5.73 Å². The minimum absolute atomic E-state index is 0.0632. The van der Waals surface area contributed by atoms with E-state index in [1.807, 2.05) is 0 Å². The normalized spacial score (nSPS) is 11.7. The summed E-state index contributed by atoms with van der Waals surface area (Å²) in [5, 5.41) is 0. The molecule has 3 N–H and O–H groups in total. The van der Waals surface area contributed by atoms with E-state index in [0.717, 1.165) is 16.8 Å². The number of alkyl halides is 3. The predicted molar refractivity (Wildman–Crippen MR) is 161 cm³/mol. The zero-order chi connectivity index (χ0) is 30.3. The molecule has 0 spiro atoms. The molecule has 216 valence electrons. The minimum atomic E-state index is -5.84. The van der Waals surface area contributed by atoms with E-state index >= 15 is 0 Å². The van der Waals surface area contributed by atoms with Crippen LogP contribution in [-0.4, -0.2) is 18.5 Å². The molecule has 0 atom stereocenters. The van der Waals surface area contributed by atoms with Crippen LogP contribution in [0.3, 0.4) is 0 Å². The molecule has 0 unspecified atom stereocenters. The average Bonchev–Trinajstić information content (AvgIpc) is 2.97. The molecule has 0 amide bonds. The van der Waals surface area contributed by atoms with Gasteiger partial charge in [0.2, 0.25) is 0 Å². The third-order valence-electron chi connectivity index (χ3n) is 6.83. The lowest BCUT2D eigenvalue weighted by Gasteiger charge is -2.27. The van der Waals surface area contributed by atoms with Gasteiger partial charge in [-0.05, 0) is 40.3 Å². The highest BCUT2D eigenvalue weighted by molar-refractivity contribution is 7.86. The van der Waals surface area contributed by atoms with Crippen LogP contribution in [0.2, 0.25) is 0 Å². The summed E-state index contributed by atoms with van der Waals surface area (Å²) >= 11 is 0. The lowest BCUT2D eigenvalue weighted by Crippen LogP contribution is -2.21. The first-order valence-electron chi connectivity index (χ1n) is 13.1. The lowest BCUT2D eigenvalue weighted by atomic mass is 9.78. The molecule has 5 rings (SSSR count). The van der Waals surface area contributed by atoms with Crippen molar-refractivity contribution in [2.45, 2.75) is 24.3 Å². The number of rotatable bonds is 6. The maximum absolute atomic E-state index is 10.7. The number of benzene rings is 5. The smallest absolute Gasteiger partial charge is 0.398 e. The predicted octanol–water partition coefficient (Wildman–Crippen LogP) is 8.33. The fraction of sp³-hybridized carbons (Fsp3) is 0.118. The number of nitrogen functional groups attached to an aromatic ring is 1. The first kappa shape index (κ1) is 30.6. The zero-order valence-corrected chi connectivity index (χ0v) is 23.6. The summed E-state index contributed by atoms with van der Waals surface area (Å²) in [6.45, 7) is 2.17. The van der Waals surface area contributed by atoms with Gasteiger partial charge in [0.15, 0.2) is 0 Å². The Balaban J connectivity index is 0.000000446. The highest BCUT2D eigenvalue weighted by Crippen LogP contribution is 2.42. The highest BCUT2D eigenvalue weighted by Gasteiger charge is 2.44. The molecular formula is C34H30F3NO3S. The number of anilines is 1. The van der Waals surface area contributed by atoms with Gasteiger partial charge in [-0.1, -0.05) is 139 Å². The Labute approximate surface area is 244 Å². The van der Waals surface area contributed by atoms with Crippen LogP contribution in [0, 0.1) is 6.92 Å². The fourth-order valence-corrected chi connectivity index (χ4v) is 5.02. The van der Waals surface area contributed by atoms with Crippen molar-refractivity contribution in [1.82, 2.24) is 0 Å². The molecule has 42 heavy (non-hydrogen) atoms. The van der Waals surface area contributed by atoms with Crippen molar-refractivity contribution in [3.8, 4) is 0 Å². The zero-order valence-electron chi connectivity index (χ0n) is 22.7. The fourth-order valence-electron chi connectivity index (χ4n) is 5.02. The molecule has 0 aromatic heterocycles. The summed E-state index contributed by atoms with van der Waals surface area (Å²) in [6, 6.07) is 47.2. The van der Waals surface area contributed by atoms with E-state index in [1.54, 1.807) is 0 Å². The van der Waals surface area contributed by atoms with Gasteiger partial charge in [0.05, 0.1) is 0 Å². The molecule has 0 heterocycles. The molecule has 0 aliphatic rings. The van der Waals surface area contributed by atoms with Crippen molar-refractivity contribution >= 4 is 15.8 Å². The number of hydrogen-bond acceptors (Lipinski definition) is 3. The molecule has 8 heteroatoms. The van der Waals surface area contributed by atoms with E-state index in [4.69, 9.17) is 18.7 Å². The van der Waals surface area contributed by atoms with Gasteiger partial charge in [0.1, 0.15) is 0 Å². The van der Waals surface area contributed by atoms with Crippen LogP contribution in [0.1, 0.15) is 50.8 Å². The van der Waals surface area contributed by atoms with Gasteiger partial charge in [-0.15, -0.1) is 0 Å². The molecule has 4 nitrogen and oxygen atoms in total. The van der Waals surface area contributed by atoms with Gasteiger partial charge in [0.25, 0.3) is 0 Å². The molecule has 0 aliphatic heterocycles. The Kier molecular flexibility index (Phi) is 9.50. The molecule has 0 aliphatic carbocycles. The van der Waals surface area contributed by atoms with E-state index in [0.29, 0.717) is 0 Å². The van der Waals surface area contributed by atoms with Crippen molar-refractivity contribution in [1.29, 1.82) is 0 Å². The van der Waals surface area contributed by atoms with Crippen molar-refractivity contribution < 1.29 is 26.1 Å². The largest absolute Gasteiger partial charge is 0.522 e. The molecule has 0 fully saturated rings. The molecule has 0 saturated heterocycles. The van der Waals surface area contributed by atoms with Crippen LogP contribution < -0.4 is 5.73 Å². The number of aryl methyl sites for hydroxylation is 1. The van der Waals surface area contributed by atoms with Crippen LogP contribution >= 0.6 is 0 Å². The van der Waals surface area contributed by atoms with E-state index in [9.17, 15) is 13.2 Å². The Morgan fingerprint density at radius 3 is 1.05 bits per heavy atom. The number of hydrogen-bond donors (Lipinski definition) is 2. The van der Waals surface area contributed by atoms with Crippen molar-refractivity contribution in [2.24, 2.45) is 0 Å². The Hall–Kier alpha value is -4.40. The summed E-state index contributed by atoms with van der Waals surface area (Å²) in [7, 11) is -5.84. The first-order valence-corrected chi connectivity index (χ1v) is 14.5. The summed E-state index contributed by atoms with van der Waals surface area (Å²) in [4.78, 5) is 0. The second kappa shape index (κ2) is 13.1. The van der Waals surface area contributed by atoms with Gasteiger partial charge in [-0.3, -0.25) is 4.55 Å². The van der Waals surface area contributed by atoms with Crippen LogP contribution in [0.15, 0.2) is 133 Å². The molecule has 5 aromatic carbocycles. The SMILES string of the molecule is Cc1cc(C(c2ccccc2)c2ccccc2)c(N)c(C(c2ccccc2)c2ccccc2)c1.O=S(=O)(O)C(F)(F)F. The lowest BCUT2D eigenvalue weighted by molar-refractivity contribution is -0.0510. The van der Waals surface area contributed by atoms with Gasteiger partial charge in [0, 0.05) is 17.5 Å². The van der Waals surface area contributed by atoms with Crippen LogP contribution in [0.4, 0.5) is 18.9 Å². The Bertz CT molecular complexity index is 1510. The molecule has 0 bridgehead atoms. The summed E-state index contributed by atoms with van der Waals surface area (Å²) < 4.78 is 57.5. The van der Waals surface area contributed by atoms with Crippen molar-refractivity contribution in [3.63, 3.8) is 0 Å². The molecular weight excluding hydrogens is 559 g/mol. The highest BCUT2D eigenvalue weighted by atomic mass is 32.2. The van der Waals surface area contributed by atoms with Gasteiger partial charge in [-0.25, -0.2) is 0 Å². The van der Waals surface area contributed by atoms with Crippen molar-refractivity contribution in [2.75, 3.05) is 5.73 Å². The Morgan fingerprint density at radius 1 is 0.595 bits per heavy atom. The monoisotopic (exact) mass is 589 g/mol. The molecule has 5 aromatic rings. The van der Waals surface area contributed by atoms with E-state index in [1.165, 1.54) is 27.8 Å². The third kappa shape index (κ3) is 7.26. The number of halogens is 3. The van der Waals surface area contributed by atoms with Crippen LogP contribution in [0.25, 0.3) is 0 Å². The summed E-state index contributed by atoms with van der Waals surface area (Å²) in [5.74, 6) is 0.126. The maximum atomic E-state index is 10.7. The van der Waals surface area contributed by atoms with E-state index < -0.39 is 15.6 Å². The summed E-state index contributed by atoms with van der Waals surface area (Å²) in [5.41, 5.74) is 10.9. The van der Waals surface area contributed by atoms with E-state index in [-0.39, 0.29) is 11.8 Å². The third-order valence-corrected chi connectivity index (χ3v) is 7.42. The molecule has 0 saturated carbocycles. The first-order chi connectivity index (χ1) is 20.0. The Morgan fingerprint density at radius 2 is 0.833 bits per heavy atom. The average molecular weight is 590 g/mol. The van der Waals surface area contributed by atoms with Crippen LogP contribution in [-0.2, 0) is 10.1 Å². The second-order valence-corrected chi connectivity index (χ2v) is 11.2. The van der Waals surface area contributed by atoms with E-state index in [2.05, 4.69) is 140 Å². The van der Waals surface area contributed by atoms with Gasteiger partial charge >= 0.3 is 15.6 Å². The van der Waals surface area contributed by atoms with Crippen molar-refractivity contribution in [3.05, 3.63) is 172 Å². The van der Waals surface area contributed by atoms with Gasteiger partial charge in [-0.2, -0.15) is 21.6 Å². The quantitative estimate of drug-likeness (QED) is 0.0903. The minimum Gasteiger partial charge on any atom is -0.398 e. The topological polar surface area (TPSA) is 80.4 Å².